The molecule has 0 saturated heterocycles. The molecule has 0 radical (unpaired) electrons. The molecule has 1 atom stereocenters. The summed E-state index contributed by atoms with van der Waals surface area (Å²) in [6, 6.07) is 33.3. The van der Waals surface area contributed by atoms with Crippen molar-refractivity contribution in [2.45, 2.75) is 32.5 Å². The van der Waals surface area contributed by atoms with E-state index in [-0.39, 0.29) is 0 Å². The van der Waals surface area contributed by atoms with Gasteiger partial charge < -0.3 is 14.6 Å². The summed E-state index contributed by atoms with van der Waals surface area (Å²) in [6.45, 7) is 2.63. The van der Waals surface area contributed by atoms with E-state index >= 15 is 0 Å². The molecule has 0 aliphatic rings. The Labute approximate surface area is 200 Å². The number of benzene rings is 4. The van der Waals surface area contributed by atoms with E-state index in [0.29, 0.717) is 36.7 Å². The molecule has 1 unspecified atom stereocenters. The molecule has 0 saturated carbocycles. The molecule has 4 heteroatoms. The van der Waals surface area contributed by atoms with E-state index in [1.807, 2.05) is 110 Å². The van der Waals surface area contributed by atoms with E-state index in [1.54, 1.807) is 0 Å². The van der Waals surface area contributed by atoms with Crippen LogP contribution in [0.15, 0.2) is 103 Å². The van der Waals surface area contributed by atoms with Crippen molar-refractivity contribution in [2.24, 2.45) is 0 Å². The molecule has 0 fully saturated rings. The summed E-state index contributed by atoms with van der Waals surface area (Å²) in [7, 11) is 0. The first-order valence-electron chi connectivity index (χ1n) is 11.4. The van der Waals surface area contributed by atoms with Gasteiger partial charge in [-0.3, -0.25) is 4.79 Å². The maximum atomic E-state index is 12.2. The zero-order chi connectivity index (χ0) is 23.8. The molecule has 4 aromatic carbocycles. The number of aliphatic carboxylic acids is 1. The summed E-state index contributed by atoms with van der Waals surface area (Å²) in [5.41, 5.74) is 4.46. The van der Waals surface area contributed by atoms with Crippen LogP contribution in [0.25, 0.3) is 11.1 Å². The average Bonchev–Trinajstić information content (AvgIpc) is 2.88. The standard InChI is InChI=1S/C30H28O4/c1-2-26(30(31)32)27-18-25(33-20-22-12-6-3-7-13-22)19-28(29(27)24-16-10-5-11-17-24)34-21-23-14-8-4-9-15-23/h3-19,26H,2,20-21H2,1H3,(H,31,32). The SMILES string of the molecule is CCC(C(=O)O)c1cc(OCc2ccccc2)cc(OCc2ccccc2)c1-c1ccccc1. The summed E-state index contributed by atoms with van der Waals surface area (Å²) in [5, 5.41) is 10.0. The third kappa shape index (κ3) is 5.65. The minimum Gasteiger partial charge on any atom is -0.489 e. The van der Waals surface area contributed by atoms with Crippen LogP contribution in [0, 0.1) is 0 Å². The maximum absolute atomic E-state index is 12.2. The van der Waals surface area contributed by atoms with Gasteiger partial charge in [-0.05, 0) is 34.7 Å². The minimum atomic E-state index is -0.867. The van der Waals surface area contributed by atoms with E-state index in [0.717, 1.165) is 22.3 Å². The van der Waals surface area contributed by atoms with Crippen LogP contribution in [-0.4, -0.2) is 11.1 Å². The van der Waals surface area contributed by atoms with Gasteiger partial charge in [0, 0.05) is 11.6 Å². The van der Waals surface area contributed by atoms with Crippen molar-refractivity contribution in [3.63, 3.8) is 0 Å². The van der Waals surface area contributed by atoms with Crippen LogP contribution >= 0.6 is 0 Å². The van der Waals surface area contributed by atoms with Crippen LogP contribution < -0.4 is 9.47 Å². The molecule has 1 N–H and O–H groups in total. The second-order valence-electron chi connectivity index (χ2n) is 8.10. The maximum Gasteiger partial charge on any atom is 0.310 e. The fraction of sp³-hybridized carbons (Fsp3) is 0.167. The average molecular weight is 453 g/mol. The van der Waals surface area contributed by atoms with E-state index in [4.69, 9.17) is 9.47 Å². The second-order valence-corrected chi connectivity index (χ2v) is 8.10. The number of rotatable bonds is 10. The van der Waals surface area contributed by atoms with E-state index in [1.165, 1.54) is 0 Å². The molecule has 0 aliphatic carbocycles. The molecular weight excluding hydrogens is 424 g/mol. The van der Waals surface area contributed by atoms with Gasteiger partial charge in [0.05, 0.1) is 5.92 Å². The lowest BCUT2D eigenvalue weighted by Crippen LogP contribution is -2.13. The Hall–Kier alpha value is -4.05. The molecular formula is C30H28O4. The zero-order valence-corrected chi connectivity index (χ0v) is 19.2. The highest BCUT2D eigenvalue weighted by atomic mass is 16.5. The summed E-state index contributed by atoms with van der Waals surface area (Å²) in [6.07, 6.45) is 0.454. The quantitative estimate of drug-likeness (QED) is 0.279. The lowest BCUT2D eigenvalue weighted by atomic mass is 9.88. The molecule has 0 spiro atoms. The van der Waals surface area contributed by atoms with Gasteiger partial charge in [0.1, 0.15) is 24.7 Å². The third-order valence-corrected chi connectivity index (χ3v) is 5.74. The van der Waals surface area contributed by atoms with Crippen LogP contribution in [0.4, 0.5) is 0 Å². The third-order valence-electron chi connectivity index (χ3n) is 5.74. The first-order chi connectivity index (χ1) is 16.7. The zero-order valence-electron chi connectivity index (χ0n) is 19.2. The summed E-state index contributed by atoms with van der Waals surface area (Å²) in [4.78, 5) is 12.2. The fourth-order valence-corrected chi connectivity index (χ4v) is 4.00. The van der Waals surface area contributed by atoms with E-state index < -0.39 is 11.9 Å². The lowest BCUT2D eigenvalue weighted by molar-refractivity contribution is -0.138. The topological polar surface area (TPSA) is 55.8 Å². The minimum absolute atomic E-state index is 0.367. The molecule has 0 aromatic heterocycles. The summed E-state index contributed by atoms with van der Waals surface area (Å²) in [5.74, 6) is -0.361. The van der Waals surface area contributed by atoms with Gasteiger partial charge in [-0.15, -0.1) is 0 Å². The van der Waals surface area contributed by atoms with Crippen LogP contribution in [0.1, 0.15) is 36.0 Å². The number of hydrogen-bond acceptors (Lipinski definition) is 3. The molecule has 4 rings (SSSR count). The van der Waals surface area contributed by atoms with Gasteiger partial charge >= 0.3 is 5.97 Å². The van der Waals surface area contributed by atoms with Crippen molar-refractivity contribution in [1.82, 2.24) is 0 Å². The van der Waals surface area contributed by atoms with Crippen molar-refractivity contribution in [1.29, 1.82) is 0 Å². The molecule has 34 heavy (non-hydrogen) atoms. The molecule has 0 amide bonds. The molecule has 172 valence electrons. The van der Waals surface area contributed by atoms with Crippen LogP contribution in [0.5, 0.6) is 11.5 Å². The Balaban J connectivity index is 1.79. The highest BCUT2D eigenvalue weighted by Gasteiger charge is 2.25. The highest BCUT2D eigenvalue weighted by Crippen LogP contribution is 2.42. The Morgan fingerprint density at radius 3 is 1.82 bits per heavy atom. The van der Waals surface area contributed by atoms with Gasteiger partial charge in [0.15, 0.2) is 0 Å². The van der Waals surface area contributed by atoms with Crippen LogP contribution in [-0.2, 0) is 18.0 Å². The highest BCUT2D eigenvalue weighted by molar-refractivity contribution is 5.84. The largest absolute Gasteiger partial charge is 0.489 e. The number of carboxylic acids is 1. The second kappa shape index (κ2) is 11.2. The lowest BCUT2D eigenvalue weighted by Gasteiger charge is -2.22. The molecule has 0 heterocycles. The monoisotopic (exact) mass is 452 g/mol. The molecule has 4 aromatic rings. The number of hydrogen-bond donors (Lipinski definition) is 1. The Morgan fingerprint density at radius 1 is 0.765 bits per heavy atom. The van der Waals surface area contributed by atoms with Gasteiger partial charge in [-0.1, -0.05) is 97.9 Å². The van der Waals surface area contributed by atoms with Crippen molar-refractivity contribution >= 4 is 5.97 Å². The van der Waals surface area contributed by atoms with Crippen LogP contribution in [0.3, 0.4) is 0 Å². The number of carbonyl (C=O) groups is 1. The van der Waals surface area contributed by atoms with Crippen molar-refractivity contribution in [2.75, 3.05) is 0 Å². The normalized spacial score (nSPS) is 11.6. The Kier molecular flexibility index (Phi) is 7.61. The van der Waals surface area contributed by atoms with Crippen LogP contribution in [0.2, 0.25) is 0 Å². The van der Waals surface area contributed by atoms with E-state index in [2.05, 4.69) is 0 Å². The summed E-state index contributed by atoms with van der Waals surface area (Å²) < 4.78 is 12.4. The molecule has 0 bridgehead atoms. The number of ether oxygens (including phenoxy) is 2. The van der Waals surface area contributed by atoms with Gasteiger partial charge in [0.2, 0.25) is 0 Å². The van der Waals surface area contributed by atoms with Crippen molar-refractivity contribution < 1.29 is 19.4 Å². The van der Waals surface area contributed by atoms with Gasteiger partial charge in [-0.2, -0.15) is 0 Å². The predicted octanol–water partition coefficient (Wildman–Crippen LogP) is 7.09. The van der Waals surface area contributed by atoms with E-state index in [9.17, 15) is 9.90 Å². The van der Waals surface area contributed by atoms with Crippen molar-refractivity contribution in [3.05, 3.63) is 120 Å². The smallest absolute Gasteiger partial charge is 0.310 e. The van der Waals surface area contributed by atoms with Gasteiger partial charge in [0.25, 0.3) is 0 Å². The fourth-order valence-electron chi connectivity index (χ4n) is 4.00. The first kappa shape index (κ1) is 23.1. The van der Waals surface area contributed by atoms with Gasteiger partial charge in [-0.25, -0.2) is 0 Å². The first-order valence-corrected chi connectivity index (χ1v) is 11.4. The number of carboxylic acid groups (broad SMARTS) is 1. The Morgan fingerprint density at radius 2 is 1.29 bits per heavy atom. The predicted molar refractivity (Wildman–Crippen MR) is 134 cm³/mol. The summed E-state index contributed by atoms with van der Waals surface area (Å²) >= 11 is 0. The molecule has 0 aliphatic heterocycles. The van der Waals surface area contributed by atoms with Crippen molar-refractivity contribution in [3.8, 4) is 22.6 Å². The Bertz CT molecular complexity index is 1200. The molecule has 4 nitrogen and oxygen atoms in total.